The maximum atomic E-state index is 12.6. The number of hydrogen-bond acceptors (Lipinski definition) is 6. The summed E-state index contributed by atoms with van der Waals surface area (Å²) in [6, 6.07) is 6.08. The Morgan fingerprint density at radius 2 is 1.90 bits per heavy atom. The van der Waals surface area contributed by atoms with Crippen molar-refractivity contribution >= 4 is 37.3 Å². The second kappa shape index (κ2) is 5.55. The molecule has 1 unspecified atom stereocenters. The average molecular weight is 336 g/mol. The van der Waals surface area contributed by atoms with E-state index in [1.165, 1.54) is 23.9 Å². The maximum absolute atomic E-state index is 12.6. The fraction of sp³-hybridized carbons (Fsp3) is 0.455. The van der Waals surface area contributed by atoms with Crippen molar-refractivity contribution in [3.05, 3.63) is 24.3 Å². The zero-order chi connectivity index (χ0) is 15.0. The first-order chi connectivity index (χ1) is 9.24. The minimum absolute atomic E-state index is 0.0412. The van der Waals surface area contributed by atoms with Gasteiger partial charge in [0.05, 0.1) is 5.69 Å². The molecule has 1 aliphatic heterocycles. The van der Waals surface area contributed by atoms with Gasteiger partial charge in [0.25, 0.3) is 0 Å². The molecule has 0 saturated carbocycles. The molecule has 2 N–H and O–H groups in total. The van der Waals surface area contributed by atoms with Gasteiger partial charge in [-0.15, -0.1) is 0 Å². The molecule has 0 aromatic heterocycles. The summed E-state index contributed by atoms with van der Waals surface area (Å²) in [7, 11) is -7.40. The van der Waals surface area contributed by atoms with Gasteiger partial charge in [0, 0.05) is 24.3 Å². The molecule has 1 heterocycles. The van der Waals surface area contributed by atoms with Gasteiger partial charge in [0.2, 0.25) is 10.0 Å². The minimum atomic E-state index is -3.91. The van der Waals surface area contributed by atoms with Crippen LogP contribution in [0.25, 0.3) is 0 Å². The molecule has 1 aromatic carbocycles. The molecule has 1 atom stereocenters. The summed E-state index contributed by atoms with van der Waals surface area (Å²) in [5.41, 5.74) is 5.83. The third-order valence-electron chi connectivity index (χ3n) is 3.04. The summed E-state index contributed by atoms with van der Waals surface area (Å²) in [5, 5.41) is -1.04. The molecule has 0 bridgehead atoms. The lowest BCUT2D eigenvalue weighted by atomic mass is 10.3. The quantitative estimate of drug-likeness (QED) is 0.801. The first-order valence-electron chi connectivity index (χ1n) is 5.87. The van der Waals surface area contributed by atoms with Gasteiger partial charge in [0.1, 0.15) is 10.3 Å². The Kier molecular flexibility index (Phi) is 4.33. The van der Waals surface area contributed by atoms with Gasteiger partial charge in [-0.2, -0.15) is 16.1 Å². The molecular weight excluding hydrogens is 320 g/mol. The van der Waals surface area contributed by atoms with Gasteiger partial charge in [-0.05, 0) is 12.1 Å². The van der Waals surface area contributed by atoms with Crippen molar-refractivity contribution in [1.29, 1.82) is 0 Å². The summed E-state index contributed by atoms with van der Waals surface area (Å²) in [5.74, 6) is 0.808. The minimum Gasteiger partial charge on any atom is -0.398 e. The van der Waals surface area contributed by atoms with Gasteiger partial charge in [-0.3, -0.25) is 0 Å². The number of nitrogen functional groups attached to an aromatic ring is 1. The third kappa shape index (κ3) is 2.95. The molecule has 2 rings (SSSR count). The van der Waals surface area contributed by atoms with Crippen LogP contribution in [0, 0.1) is 0 Å². The zero-order valence-electron chi connectivity index (χ0n) is 10.9. The van der Waals surface area contributed by atoms with Gasteiger partial charge >= 0.3 is 0 Å². The molecular formula is C11H16N2O4S3. The average Bonchev–Trinajstić information content (AvgIpc) is 2.38. The number of benzene rings is 1. The number of para-hydroxylation sites is 1. The Labute approximate surface area is 123 Å². The maximum Gasteiger partial charge on any atom is 0.246 e. The summed E-state index contributed by atoms with van der Waals surface area (Å²) in [4.78, 5) is -0.0412. The molecule has 0 spiro atoms. The smallest absolute Gasteiger partial charge is 0.246 e. The van der Waals surface area contributed by atoms with Gasteiger partial charge in [-0.25, -0.2) is 16.8 Å². The summed E-state index contributed by atoms with van der Waals surface area (Å²) in [6.45, 7) is 0.166. The number of nitrogens with two attached hydrogens (primary N) is 1. The number of hydrogen-bond donors (Lipinski definition) is 1. The highest BCUT2D eigenvalue weighted by atomic mass is 32.2. The SMILES string of the molecule is CS(=O)(=O)C1CSCCN1S(=O)(=O)c1ccccc1N. The van der Waals surface area contributed by atoms with E-state index >= 15 is 0 Å². The van der Waals surface area contributed by atoms with E-state index in [1.54, 1.807) is 12.1 Å². The molecule has 1 fully saturated rings. The second-order valence-corrected chi connectivity index (χ2v) is 9.72. The highest BCUT2D eigenvalue weighted by Crippen LogP contribution is 2.29. The van der Waals surface area contributed by atoms with E-state index in [2.05, 4.69) is 0 Å². The van der Waals surface area contributed by atoms with E-state index in [1.807, 2.05) is 0 Å². The van der Waals surface area contributed by atoms with Crippen molar-refractivity contribution in [2.24, 2.45) is 0 Å². The molecule has 6 nitrogen and oxygen atoms in total. The zero-order valence-corrected chi connectivity index (χ0v) is 13.3. The highest BCUT2D eigenvalue weighted by molar-refractivity contribution is 8.01. The Hall–Kier alpha value is -0.770. The molecule has 0 amide bonds. The van der Waals surface area contributed by atoms with E-state index in [4.69, 9.17) is 5.73 Å². The highest BCUT2D eigenvalue weighted by Gasteiger charge is 2.39. The van der Waals surface area contributed by atoms with Crippen LogP contribution in [-0.4, -0.2) is 50.8 Å². The number of sulfone groups is 1. The Morgan fingerprint density at radius 3 is 2.50 bits per heavy atom. The third-order valence-corrected chi connectivity index (χ3v) is 7.80. The molecule has 0 radical (unpaired) electrons. The summed E-state index contributed by atoms with van der Waals surface area (Å²) < 4.78 is 49.9. The van der Waals surface area contributed by atoms with Crippen LogP contribution >= 0.6 is 11.8 Å². The van der Waals surface area contributed by atoms with Gasteiger partial charge in [0.15, 0.2) is 9.84 Å². The number of anilines is 1. The molecule has 20 heavy (non-hydrogen) atoms. The Balaban J connectivity index is 2.50. The van der Waals surface area contributed by atoms with Crippen LogP contribution in [0.2, 0.25) is 0 Å². The lowest BCUT2D eigenvalue weighted by Crippen LogP contribution is -2.49. The standard InChI is InChI=1S/C11H16N2O4S3/c1-19(14,15)11-8-18-7-6-13(11)20(16,17)10-5-3-2-4-9(10)12/h2-5,11H,6-8,12H2,1H3. The largest absolute Gasteiger partial charge is 0.398 e. The van der Waals surface area contributed by atoms with Crippen molar-refractivity contribution in [1.82, 2.24) is 4.31 Å². The topological polar surface area (TPSA) is 97.5 Å². The van der Waals surface area contributed by atoms with E-state index in [-0.39, 0.29) is 22.9 Å². The number of rotatable bonds is 3. The van der Waals surface area contributed by atoms with Crippen molar-refractivity contribution in [3.8, 4) is 0 Å². The Morgan fingerprint density at radius 1 is 1.25 bits per heavy atom. The second-order valence-electron chi connectivity index (χ2n) is 4.51. The first-order valence-corrected chi connectivity index (χ1v) is 10.4. The summed E-state index contributed by atoms with van der Waals surface area (Å²) in [6.07, 6.45) is 1.06. The van der Waals surface area contributed by atoms with Crippen LogP contribution < -0.4 is 5.73 Å². The fourth-order valence-electron chi connectivity index (χ4n) is 2.02. The van der Waals surface area contributed by atoms with Crippen LogP contribution in [0.4, 0.5) is 5.69 Å². The first kappa shape index (κ1) is 15.6. The summed E-state index contributed by atoms with van der Waals surface area (Å²) >= 11 is 1.43. The van der Waals surface area contributed by atoms with Crippen LogP contribution in [0.5, 0.6) is 0 Å². The molecule has 0 aliphatic carbocycles. The number of thioether (sulfide) groups is 1. The van der Waals surface area contributed by atoms with E-state index in [0.717, 1.165) is 10.6 Å². The number of sulfonamides is 1. The van der Waals surface area contributed by atoms with Crippen molar-refractivity contribution in [3.63, 3.8) is 0 Å². The van der Waals surface area contributed by atoms with Gasteiger partial charge < -0.3 is 5.73 Å². The molecule has 1 saturated heterocycles. The fourth-order valence-corrected chi connectivity index (χ4v) is 7.31. The van der Waals surface area contributed by atoms with E-state index in [0.29, 0.717) is 5.75 Å². The lowest BCUT2D eigenvalue weighted by Gasteiger charge is -2.33. The Bertz CT molecular complexity index is 700. The van der Waals surface area contributed by atoms with E-state index < -0.39 is 25.2 Å². The predicted octanol–water partition coefficient (Wildman–Crippen LogP) is 0.377. The van der Waals surface area contributed by atoms with Crippen molar-refractivity contribution < 1.29 is 16.8 Å². The van der Waals surface area contributed by atoms with E-state index in [9.17, 15) is 16.8 Å². The molecule has 112 valence electrons. The van der Waals surface area contributed by atoms with Crippen LogP contribution in [-0.2, 0) is 19.9 Å². The normalized spacial score (nSPS) is 21.8. The van der Waals surface area contributed by atoms with Crippen LogP contribution in [0.1, 0.15) is 0 Å². The molecule has 1 aliphatic rings. The lowest BCUT2D eigenvalue weighted by molar-refractivity contribution is 0.405. The van der Waals surface area contributed by atoms with Crippen molar-refractivity contribution in [2.45, 2.75) is 10.3 Å². The van der Waals surface area contributed by atoms with Crippen LogP contribution in [0.3, 0.4) is 0 Å². The van der Waals surface area contributed by atoms with Crippen molar-refractivity contribution in [2.75, 3.05) is 30.0 Å². The van der Waals surface area contributed by atoms with Gasteiger partial charge in [-0.1, -0.05) is 12.1 Å². The van der Waals surface area contributed by atoms with Crippen LogP contribution in [0.15, 0.2) is 29.2 Å². The monoisotopic (exact) mass is 336 g/mol. The molecule has 9 heteroatoms. The predicted molar refractivity (Wildman–Crippen MR) is 80.7 cm³/mol. The number of nitrogens with zero attached hydrogens (tertiary/aromatic N) is 1. The molecule has 1 aromatic rings.